The lowest BCUT2D eigenvalue weighted by atomic mass is 9.99. The molecule has 3 N–H and O–H groups in total. The molecule has 0 aliphatic heterocycles. The predicted molar refractivity (Wildman–Crippen MR) is 81.2 cm³/mol. The first-order valence-electron chi connectivity index (χ1n) is 7.85. The predicted octanol–water partition coefficient (Wildman–Crippen LogP) is 2.75. The topological polar surface area (TPSA) is 94.0 Å². The lowest BCUT2D eigenvalue weighted by Crippen LogP contribution is -2.34. The van der Waals surface area contributed by atoms with E-state index in [1.54, 1.807) is 0 Å². The summed E-state index contributed by atoms with van der Waals surface area (Å²) >= 11 is 0. The molecule has 9 heteroatoms. The van der Waals surface area contributed by atoms with Gasteiger partial charge in [-0.3, -0.25) is 4.79 Å². The normalized spacial score (nSPS) is 16.8. The van der Waals surface area contributed by atoms with Gasteiger partial charge in [0.2, 0.25) is 5.89 Å². The number of amides is 1. The number of hydrogen-bond donors (Lipinski definition) is 2. The van der Waals surface area contributed by atoms with Gasteiger partial charge in [-0.1, -0.05) is 18.0 Å². The molecule has 1 saturated carbocycles. The molecule has 0 saturated heterocycles. The molecule has 0 unspecified atom stereocenters. The van der Waals surface area contributed by atoms with Crippen molar-refractivity contribution in [2.75, 3.05) is 0 Å². The molecule has 0 spiro atoms. The Morgan fingerprint density at radius 1 is 1.24 bits per heavy atom. The summed E-state index contributed by atoms with van der Waals surface area (Å²) in [5, 5.41) is 6.40. The Kier molecular flexibility index (Phi) is 4.51. The number of aromatic nitrogens is 2. The minimum absolute atomic E-state index is 0.0249. The van der Waals surface area contributed by atoms with Gasteiger partial charge in [-0.15, -0.1) is 0 Å². The van der Waals surface area contributed by atoms with Crippen molar-refractivity contribution in [3.63, 3.8) is 0 Å². The van der Waals surface area contributed by atoms with Gasteiger partial charge >= 0.3 is 6.18 Å². The fraction of sp³-hybridized carbons (Fsp3) is 0.438. The van der Waals surface area contributed by atoms with E-state index in [1.165, 1.54) is 0 Å². The maximum absolute atomic E-state index is 12.5. The summed E-state index contributed by atoms with van der Waals surface area (Å²) in [6.45, 7) is -0.0249. The van der Waals surface area contributed by atoms with Gasteiger partial charge in [0.05, 0.1) is 17.6 Å². The van der Waals surface area contributed by atoms with E-state index in [9.17, 15) is 18.0 Å². The second-order valence-electron chi connectivity index (χ2n) is 6.13. The Morgan fingerprint density at radius 3 is 2.48 bits per heavy atom. The minimum Gasteiger partial charge on any atom is -0.343 e. The lowest BCUT2D eigenvalue weighted by Gasteiger charge is -2.17. The van der Waals surface area contributed by atoms with Crippen LogP contribution in [0.5, 0.6) is 0 Å². The second-order valence-corrected chi connectivity index (χ2v) is 6.13. The van der Waals surface area contributed by atoms with E-state index >= 15 is 0 Å². The number of nitrogens with one attached hydrogen (secondary N) is 1. The molecule has 3 rings (SSSR count). The fourth-order valence-electron chi connectivity index (χ4n) is 2.83. The molecule has 0 atom stereocenters. The quantitative estimate of drug-likeness (QED) is 0.880. The van der Waals surface area contributed by atoms with Crippen molar-refractivity contribution >= 4 is 5.91 Å². The van der Waals surface area contributed by atoms with Crippen LogP contribution < -0.4 is 11.1 Å². The van der Waals surface area contributed by atoms with Crippen LogP contribution in [0.25, 0.3) is 0 Å². The van der Waals surface area contributed by atoms with Gasteiger partial charge in [0.1, 0.15) is 0 Å². The van der Waals surface area contributed by atoms with E-state index in [-0.39, 0.29) is 18.0 Å². The van der Waals surface area contributed by atoms with Crippen molar-refractivity contribution in [2.24, 2.45) is 5.73 Å². The molecule has 1 aliphatic rings. The third-order valence-corrected chi connectivity index (χ3v) is 4.28. The number of nitrogens with two attached hydrogens (primary N) is 1. The van der Waals surface area contributed by atoms with Gasteiger partial charge in [-0.2, -0.15) is 18.2 Å². The molecule has 1 heterocycles. The Bertz CT molecular complexity index is 749. The first-order valence-corrected chi connectivity index (χ1v) is 7.85. The monoisotopic (exact) mass is 354 g/mol. The third-order valence-electron chi connectivity index (χ3n) is 4.28. The molecule has 6 nitrogen and oxygen atoms in total. The Hall–Kier alpha value is -2.42. The number of rotatable bonds is 4. The Balaban J connectivity index is 1.60. The molecule has 1 aromatic carbocycles. The molecule has 0 bridgehead atoms. The van der Waals surface area contributed by atoms with Crippen LogP contribution in [0.3, 0.4) is 0 Å². The fourth-order valence-corrected chi connectivity index (χ4v) is 2.83. The zero-order chi connectivity index (χ0) is 18.1. The number of benzene rings is 1. The maximum atomic E-state index is 12.5. The molecular formula is C16H17F3N4O2. The molecule has 134 valence electrons. The highest BCUT2D eigenvalue weighted by Crippen LogP contribution is 2.34. The maximum Gasteiger partial charge on any atom is 0.416 e. The van der Waals surface area contributed by atoms with E-state index in [0.717, 1.165) is 49.9 Å². The van der Waals surface area contributed by atoms with Crippen LogP contribution >= 0.6 is 0 Å². The summed E-state index contributed by atoms with van der Waals surface area (Å²) in [4.78, 5) is 16.2. The molecule has 25 heavy (non-hydrogen) atoms. The van der Waals surface area contributed by atoms with Crippen LogP contribution in [0.2, 0.25) is 0 Å². The van der Waals surface area contributed by atoms with Gasteiger partial charge in [0.15, 0.2) is 5.82 Å². The largest absolute Gasteiger partial charge is 0.416 e. The van der Waals surface area contributed by atoms with E-state index in [1.807, 2.05) is 0 Å². The van der Waals surface area contributed by atoms with Crippen LogP contribution in [0, 0.1) is 0 Å². The number of alkyl halides is 3. The minimum atomic E-state index is -4.44. The van der Waals surface area contributed by atoms with Crippen molar-refractivity contribution in [3.05, 3.63) is 47.1 Å². The van der Waals surface area contributed by atoms with Crippen molar-refractivity contribution in [3.8, 4) is 0 Å². The van der Waals surface area contributed by atoms with Crippen LogP contribution in [-0.4, -0.2) is 16.0 Å². The van der Waals surface area contributed by atoms with Gasteiger partial charge in [0.25, 0.3) is 5.91 Å². The molecule has 1 aliphatic carbocycles. The van der Waals surface area contributed by atoms with Crippen LogP contribution in [-0.2, 0) is 18.3 Å². The number of halogens is 3. The zero-order valence-electron chi connectivity index (χ0n) is 13.3. The highest BCUT2D eigenvalue weighted by molar-refractivity contribution is 5.94. The summed E-state index contributed by atoms with van der Waals surface area (Å²) in [5.74, 6) is 0.0903. The first-order chi connectivity index (χ1) is 11.8. The van der Waals surface area contributed by atoms with Gasteiger partial charge in [-0.25, -0.2) is 0 Å². The third kappa shape index (κ3) is 3.81. The zero-order valence-corrected chi connectivity index (χ0v) is 13.3. The molecule has 1 fully saturated rings. The van der Waals surface area contributed by atoms with Crippen LogP contribution in [0.4, 0.5) is 13.2 Å². The standard InChI is InChI=1S/C16H17F3N4O2/c17-16(18,19)11-5-3-10(4-6-11)13(24)21-9-12-22-14(23-25-12)15(20)7-1-2-8-15/h3-6H,1-2,7-9,20H2,(H,21,24). The summed E-state index contributed by atoms with van der Waals surface area (Å²) in [6, 6.07) is 3.95. The van der Waals surface area contributed by atoms with Gasteiger partial charge in [0, 0.05) is 5.56 Å². The number of nitrogens with zero attached hydrogens (tertiary/aromatic N) is 2. The Labute approximate surface area is 141 Å². The smallest absolute Gasteiger partial charge is 0.343 e. The number of hydrogen-bond acceptors (Lipinski definition) is 5. The van der Waals surface area contributed by atoms with Crippen LogP contribution in [0.1, 0.15) is 53.3 Å². The summed E-state index contributed by atoms with van der Waals surface area (Å²) in [5.41, 5.74) is 4.94. The number of carbonyl (C=O) groups excluding carboxylic acids is 1. The van der Waals surface area contributed by atoms with Crippen molar-refractivity contribution in [1.29, 1.82) is 0 Å². The summed E-state index contributed by atoms with van der Waals surface area (Å²) < 4.78 is 42.6. The lowest BCUT2D eigenvalue weighted by molar-refractivity contribution is -0.137. The highest BCUT2D eigenvalue weighted by Gasteiger charge is 2.36. The van der Waals surface area contributed by atoms with E-state index in [0.29, 0.717) is 5.82 Å². The van der Waals surface area contributed by atoms with E-state index < -0.39 is 23.2 Å². The van der Waals surface area contributed by atoms with Crippen molar-refractivity contribution in [1.82, 2.24) is 15.5 Å². The molecule has 1 amide bonds. The molecule has 2 aromatic rings. The second kappa shape index (κ2) is 6.47. The summed E-state index contributed by atoms with van der Waals surface area (Å²) in [6.07, 6.45) is -0.864. The van der Waals surface area contributed by atoms with Crippen molar-refractivity contribution < 1.29 is 22.5 Å². The van der Waals surface area contributed by atoms with E-state index in [2.05, 4.69) is 15.5 Å². The van der Waals surface area contributed by atoms with Gasteiger partial charge < -0.3 is 15.6 Å². The molecule has 1 aromatic heterocycles. The SMILES string of the molecule is NC1(c2noc(CNC(=O)c3ccc(C(F)(F)F)cc3)n2)CCCC1. The Morgan fingerprint density at radius 2 is 1.88 bits per heavy atom. The molecule has 0 radical (unpaired) electrons. The average Bonchev–Trinajstić information content (AvgIpc) is 3.22. The van der Waals surface area contributed by atoms with Gasteiger partial charge in [-0.05, 0) is 37.1 Å². The first kappa shape index (κ1) is 17.4. The van der Waals surface area contributed by atoms with Crippen molar-refractivity contribution in [2.45, 2.75) is 43.9 Å². The number of carbonyl (C=O) groups is 1. The average molecular weight is 354 g/mol. The summed E-state index contributed by atoms with van der Waals surface area (Å²) in [7, 11) is 0. The van der Waals surface area contributed by atoms with Crippen LogP contribution in [0.15, 0.2) is 28.8 Å². The highest BCUT2D eigenvalue weighted by atomic mass is 19.4. The van der Waals surface area contributed by atoms with E-state index in [4.69, 9.17) is 10.3 Å². The molecular weight excluding hydrogens is 337 g/mol.